The van der Waals surface area contributed by atoms with Gasteiger partial charge in [-0.15, -0.1) is 11.8 Å². The highest BCUT2D eigenvalue weighted by Gasteiger charge is 2.05. The third-order valence-electron chi connectivity index (χ3n) is 2.83. The molecular weight excluding hydrogens is 370 g/mol. The molecule has 0 bridgehead atoms. The summed E-state index contributed by atoms with van der Waals surface area (Å²) >= 11 is 10.9. The molecule has 2 aromatic rings. The van der Waals surface area contributed by atoms with Crippen molar-refractivity contribution in [3.05, 3.63) is 63.1 Å². The molecule has 2 aromatic carbocycles. The van der Waals surface area contributed by atoms with Crippen LogP contribution in [0, 0.1) is 6.92 Å². The highest BCUT2D eigenvalue weighted by atomic mass is 79.9. The zero-order valence-corrected chi connectivity index (χ0v) is 14.7. The maximum atomic E-state index is 11.9. The standard InChI is InChI=1S/C16H15BrClNOS/c1-11-2-4-12(5-3-11)9-21-10-16(20)19-13-6-7-14(17)15(18)8-13/h2-8H,9-10H2,1H3,(H,19,20). The molecule has 0 radical (unpaired) electrons. The molecule has 0 saturated heterocycles. The molecule has 5 heteroatoms. The van der Waals surface area contributed by atoms with E-state index in [1.54, 1.807) is 17.8 Å². The van der Waals surface area contributed by atoms with Crippen LogP contribution in [0.3, 0.4) is 0 Å². The normalized spacial score (nSPS) is 10.4. The fourth-order valence-corrected chi connectivity index (χ4v) is 2.93. The van der Waals surface area contributed by atoms with E-state index in [-0.39, 0.29) is 5.91 Å². The van der Waals surface area contributed by atoms with E-state index in [2.05, 4.69) is 52.4 Å². The van der Waals surface area contributed by atoms with Gasteiger partial charge in [0.2, 0.25) is 5.91 Å². The summed E-state index contributed by atoms with van der Waals surface area (Å²) in [7, 11) is 0. The largest absolute Gasteiger partial charge is 0.325 e. The molecule has 2 nitrogen and oxygen atoms in total. The first-order chi connectivity index (χ1) is 10.0. The average molecular weight is 385 g/mol. The summed E-state index contributed by atoms with van der Waals surface area (Å²) in [6.07, 6.45) is 0. The lowest BCUT2D eigenvalue weighted by Gasteiger charge is -2.06. The maximum absolute atomic E-state index is 11.9. The van der Waals surface area contributed by atoms with Gasteiger partial charge in [0, 0.05) is 15.9 Å². The van der Waals surface area contributed by atoms with Crippen LogP contribution in [-0.4, -0.2) is 11.7 Å². The number of halogens is 2. The molecule has 2 rings (SSSR count). The third kappa shape index (κ3) is 5.38. The molecule has 21 heavy (non-hydrogen) atoms. The van der Waals surface area contributed by atoms with Crippen molar-refractivity contribution < 1.29 is 4.79 Å². The van der Waals surface area contributed by atoms with Gasteiger partial charge >= 0.3 is 0 Å². The van der Waals surface area contributed by atoms with Gasteiger partial charge in [0.25, 0.3) is 0 Å². The van der Waals surface area contributed by atoms with Crippen molar-refractivity contribution >= 4 is 50.9 Å². The fourth-order valence-electron chi connectivity index (χ4n) is 1.72. The molecule has 0 saturated carbocycles. The Hall–Kier alpha value is -0.970. The summed E-state index contributed by atoms with van der Waals surface area (Å²) in [5.74, 6) is 1.22. The zero-order valence-electron chi connectivity index (χ0n) is 11.5. The number of rotatable bonds is 5. The Morgan fingerprint density at radius 2 is 1.95 bits per heavy atom. The number of anilines is 1. The first-order valence-corrected chi connectivity index (χ1v) is 8.75. The minimum atomic E-state index is -0.0227. The average Bonchev–Trinajstić information content (AvgIpc) is 2.45. The first kappa shape index (κ1) is 16.4. The van der Waals surface area contributed by atoms with Crippen LogP contribution in [0.1, 0.15) is 11.1 Å². The number of aryl methyl sites for hydroxylation is 1. The minimum absolute atomic E-state index is 0.0227. The van der Waals surface area contributed by atoms with Crippen molar-refractivity contribution in [1.82, 2.24) is 0 Å². The van der Waals surface area contributed by atoms with Crippen LogP contribution in [-0.2, 0) is 10.5 Å². The van der Waals surface area contributed by atoms with Crippen LogP contribution in [0.25, 0.3) is 0 Å². The summed E-state index contributed by atoms with van der Waals surface area (Å²) in [5, 5.41) is 3.42. The summed E-state index contributed by atoms with van der Waals surface area (Å²) < 4.78 is 0.816. The lowest BCUT2D eigenvalue weighted by atomic mass is 10.2. The SMILES string of the molecule is Cc1ccc(CSCC(=O)Nc2ccc(Br)c(Cl)c2)cc1. The highest BCUT2D eigenvalue weighted by Crippen LogP contribution is 2.25. The summed E-state index contributed by atoms with van der Waals surface area (Å²) in [6, 6.07) is 13.7. The number of hydrogen-bond acceptors (Lipinski definition) is 2. The van der Waals surface area contributed by atoms with E-state index in [1.807, 2.05) is 12.1 Å². The zero-order chi connectivity index (χ0) is 15.2. The van der Waals surface area contributed by atoms with Gasteiger partial charge in [0.15, 0.2) is 0 Å². The van der Waals surface area contributed by atoms with Crippen molar-refractivity contribution in [2.75, 3.05) is 11.1 Å². The molecule has 1 N–H and O–H groups in total. The second kappa shape index (κ2) is 7.87. The van der Waals surface area contributed by atoms with Crippen molar-refractivity contribution in [3.8, 4) is 0 Å². The topological polar surface area (TPSA) is 29.1 Å². The number of amides is 1. The van der Waals surface area contributed by atoms with Crippen LogP contribution in [0.2, 0.25) is 5.02 Å². The Labute approximate surface area is 142 Å². The highest BCUT2D eigenvalue weighted by molar-refractivity contribution is 9.10. The van der Waals surface area contributed by atoms with E-state index in [0.717, 1.165) is 10.2 Å². The van der Waals surface area contributed by atoms with E-state index >= 15 is 0 Å². The van der Waals surface area contributed by atoms with E-state index in [4.69, 9.17) is 11.6 Å². The number of benzene rings is 2. The predicted octanol–water partition coefficient (Wildman–Crippen LogP) is 5.28. The molecular formula is C16H15BrClNOS. The molecule has 0 aromatic heterocycles. The van der Waals surface area contributed by atoms with Gasteiger partial charge in [-0.2, -0.15) is 0 Å². The molecule has 1 amide bonds. The Kier molecular flexibility index (Phi) is 6.15. The van der Waals surface area contributed by atoms with Crippen LogP contribution in [0.4, 0.5) is 5.69 Å². The number of thioether (sulfide) groups is 1. The monoisotopic (exact) mass is 383 g/mol. The van der Waals surface area contributed by atoms with Gasteiger partial charge in [0.05, 0.1) is 10.8 Å². The number of nitrogens with one attached hydrogen (secondary N) is 1. The molecule has 110 valence electrons. The molecule has 0 aliphatic heterocycles. The lowest BCUT2D eigenvalue weighted by molar-refractivity contribution is -0.113. The molecule has 0 aliphatic rings. The minimum Gasteiger partial charge on any atom is -0.325 e. The lowest BCUT2D eigenvalue weighted by Crippen LogP contribution is -2.14. The van der Waals surface area contributed by atoms with Crippen molar-refractivity contribution in [2.45, 2.75) is 12.7 Å². The van der Waals surface area contributed by atoms with E-state index in [9.17, 15) is 4.79 Å². The van der Waals surface area contributed by atoms with Gasteiger partial charge in [-0.3, -0.25) is 4.79 Å². The molecule has 0 unspecified atom stereocenters. The predicted molar refractivity (Wildman–Crippen MR) is 95.1 cm³/mol. The van der Waals surface area contributed by atoms with E-state index < -0.39 is 0 Å². The van der Waals surface area contributed by atoms with Crippen molar-refractivity contribution in [3.63, 3.8) is 0 Å². The molecule has 0 spiro atoms. The Morgan fingerprint density at radius 1 is 1.24 bits per heavy atom. The van der Waals surface area contributed by atoms with Gasteiger partial charge in [-0.1, -0.05) is 41.4 Å². The van der Waals surface area contributed by atoms with Gasteiger partial charge < -0.3 is 5.32 Å². The second-order valence-corrected chi connectivity index (χ2v) is 6.90. The fraction of sp³-hybridized carbons (Fsp3) is 0.188. The van der Waals surface area contributed by atoms with Gasteiger partial charge in [-0.05, 0) is 46.6 Å². The first-order valence-electron chi connectivity index (χ1n) is 6.43. The number of carbonyl (C=O) groups is 1. The summed E-state index contributed by atoms with van der Waals surface area (Å²) in [5.41, 5.74) is 3.18. The second-order valence-electron chi connectivity index (χ2n) is 4.66. The van der Waals surface area contributed by atoms with Crippen LogP contribution >= 0.6 is 39.3 Å². The molecule has 0 aliphatic carbocycles. The maximum Gasteiger partial charge on any atom is 0.234 e. The number of carbonyl (C=O) groups excluding carboxylic acids is 1. The van der Waals surface area contributed by atoms with Crippen LogP contribution < -0.4 is 5.32 Å². The van der Waals surface area contributed by atoms with E-state index in [1.165, 1.54) is 11.1 Å². The van der Waals surface area contributed by atoms with Crippen LogP contribution in [0.5, 0.6) is 0 Å². The van der Waals surface area contributed by atoms with Crippen molar-refractivity contribution in [1.29, 1.82) is 0 Å². The van der Waals surface area contributed by atoms with Crippen LogP contribution in [0.15, 0.2) is 46.9 Å². The van der Waals surface area contributed by atoms with Gasteiger partial charge in [0.1, 0.15) is 0 Å². The molecule has 0 atom stereocenters. The summed E-state index contributed by atoms with van der Waals surface area (Å²) in [4.78, 5) is 11.9. The Bertz CT molecular complexity index is 631. The Balaban J connectivity index is 1.79. The quantitative estimate of drug-likeness (QED) is 0.759. The smallest absolute Gasteiger partial charge is 0.234 e. The molecule has 0 fully saturated rings. The van der Waals surface area contributed by atoms with Crippen molar-refractivity contribution in [2.24, 2.45) is 0 Å². The molecule has 0 heterocycles. The third-order valence-corrected chi connectivity index (χ3v) is 5.06. The number of hydrogen-bond donors (Lipinski definition) is 1. The summed E-state index contributed by atoms with van der Waals surface area (Å²) in [6.45, 7) is 2.06. The van der Waals surface area contributed by atoms with E-state index in [0.29, 0.717) is 16.5 Å². The Morgan fingerprint density at radius 3 is 2.62 bits per heavy atom. The van der Waals surface area contributed by atoms with Gasteiger partial charge in [-0.25, -0.2) is 0 Å².